The minimum Gasteiger partial charge on any atom is -0.384 e. The molecule has 0 aliphatic carbocycles. The fraction of sp³-hybridized carbons (Fsp3) is 0.500. The fourth-order valence-corrected chi connectivity index (χ4v) is 1.56. The SMILES string of the molecule is CCN(CC)C(=O)CCNc1ccnc(F)c1. The van der Waals surface area contributed by atoms with Crippen LogP contribution in [0.4, 0.5) is 10.1 Å². The molecule has 1 aromatic heterocycles. The van der Waals surface area contributed by atoms with Crippen LogP contribution in [0.1, 0.15) is 20.3 Å². The van der Waals surface area contributed by atoms with Crippen molar-refractivity contribution < 1.29 is 9.18 Å². The molecule has 17 heavy (non-hydrogen) atoms. The van der Waals surface area contributed by atoms with Gasteiger partial charge in [0.2, 0.25) is 11.9 Å². The van der Waals surface area contributed by atoms with Crippen molar-refractivity contribution in [3.05, 3.63) is 24.3 Å². The van der Waals surface area contributed by atoms with Crippen molar-refractivity contribution >= 4 is 11.6 Å². The molecule has 0 aliphatic heterocycles. The number of halogens is 1. The van der Waals surface area contributed by atoms with Gasteiger partial charge in [-0.3, -0.25) is 4.79 Å². The van der Waals surface area contributed by atoms with Gasteiger partial charge >= 0.3 is 0 Å². The van der Waals surface area contributed by atoms with E-state index >= 15 is 0 Å². The lowest BCUT2D eigenvalue weighted by Crippen LogP contribution is -2.31. The Bertz CT molecular complexity index is 367. The van der Waals surface area contributed by atoms with Gasteiger partial charge in [-0.15, -0.1) is 0 Å². The topological polar surface area (TPSA) is 45.2 Å². The van der Waals surface area contributed by atoms with Gasteiger partial charge in [-0.1, -0.05) is 0 Å². The molecule has 0 spiro atoms. The first-order valence-electron chi connectivity index (χ1n) is 5.80. The van der Waals surface area contributed by atoms with Gasteiger partial charge in [-0.25, -0.2) is 4.98 Å². The van der Waals surface area contributed by atoms with Crippen LogP contribution in [0.5, 0.6) is 0 Å². The average molecular weight is 239 g/mol. The molecule has 1 rings (SSSR count). The quantitative estimate of drug-likeness (QED) is 0.771. The normalized spacial score (nSPS) is 10.1. The number of rotatable bonds is 6. The molecule has 1 aromatic rings. The number of pyridine rings is 1. The predicted octanol–water partition coefficient (Wildman–Crippen LogP) is 1.89. The van der Waals surface area contributed by atoms with Crippen molar-refractivity contribution in [2.45, 2.75) is 20.3 Å². The number of hydrogen-bond donors (Lipinski definition) is 1. The third-order valence-corrected chi connectivity index (χ3v) is 2.51. The highest BCUT2D eigenvalue weighted by atomic mass is 19.1. The summed E-state index contributed by atoms with van der Waals surface area (Å²) in [5.41, 5.74) is 0.643. The second-order valence-corrected chi connectivity index (χ2v) is 3.61. The molecule has 0 unspecified atom stereocenters. The summed E-state index contributed by atoms with van der Waals surface area (Å²) in [6.07, 6.45) is 1.80. The molecule has 0 saturated carbocycles. The highest BCUT2D eigenvalue weighted by molar-refractivity contribution is 5.76. The van der Waals surface area contributed by atoms with E-state index in [9.17, 15) is 9.18 Å². The van der Waals surface area contributed by atoms with Gasteiger partial charge in [-0.05, 0) is 19.9 Å². The van der Waals surface area contributed by atoms with Crippen LogP contribution < -0.4 is 5.32 Å². The summed E-state index contributed by atoms with van der Waals surface area (Å²) in [6, 6.07) is 2.98. The zero-order chi connectivity index (χ0) is 12.7. The third kappa shape index (κ3) is 4.38. The fourth-order valence-electron chi connectivity index (χ4n) is 1.56. The first kappa shape index (κ1) is 13.4. The van der Waals surface area contributed by atoms with E-state index in [1.165, 1.54) is 12.3 Å². The van der Waals surface area contributed by atoms with E-state index < -0.39 is 5.95 Å². The minimum atomic E-state index is -0.523. The van der Waals surface area contributed by atoms with Crippen LogP contribution in [0.25, 0.3) is 0 Å². The Morgan fingerprint density at radius 3 is 2.76 bits per heavy atom. The van der Waals surface area contributed by atoms with Gasteiger partial charge in [-0.2, -0.15) is 4.39 Å². The van der Waals surface area contributed by atoms with Crippen molar-refractivity contribution in [3.8, 4) is 0 Å². The van der Waals surface area contributed by atoms with E-state index in [2.05, 4.69) is 10.3 Å². The second-order valence-electron chi connectivity index (χ2n) is 3.61. The largest absolute Gasteiger partial charge is 0.384 e. The van der Waals surface area contributed by atoms with Gasteiger partial charge in [0.1, 0.15) is 0 Å². The van der Waals surface area contributed by atoms with Crippen molar-refractivity contribution in [3.63, 3.8) is 0 Å². The highest BCUT2D eigenvalue weighted by Crippen LogP contribution is 2.06. The Labute approximate surface area is 101 Å². The van der Waals surface area contributed by atoms with Gasteiger partial charge in [0.25, 0.3) is 0 Å². The molecule has 0 saturated heterocycles. The maximum absolute atomic E-state index is 12.8. The molecule has 5 heteroatoms. The first-order valence-corrected chi connectivity index (χ1v) is 5.80. The predicted molar refractivity (Wildman–Crippen MR) is 65.2 cm³/mol. The molecule has 4 nitrogen and oxygen atoms in total. The van der Waals surface area contributed by atoms with Crippen LogP contribution in [0.3, 0.4) is 0 Å². The van der Waals surface area contributed by atoms with Crippen molar-refractivity contribution in [1.29, 1.82) is 0 Å². The van der Waals surface area contributed by atoms with Gasteiger partial charge in [0.15, 0.2) is 0 Å². The first-order chi connectivity index (χ1) is 8.17. The van der Waals surface area contributed by atoms with E-state index in [1.807, 2.05) is 13.8 Å². The molecule has 0 fully saturated rings. The Balaban J connectivity index is 2.35. The monoisotopic (exact) mass is 239 g/mol. The molecule has 94 valence electrons. The molecular weight excluding hydrogens is 221 g/mol. The Kier molecular flexibility index (Phi) is 5.39. The zero-order valence-electron chi connectivity index (χ0n) is 10.2. The number of aromatic nitrogens is 1. The number of carbonyl (C=O) groups is 1. The lowest BCUT2D eigenvalue weighted by molar-refractivity contribution is -0.130. The summed E-state index contributed by atoms with van der Waals surface area (Å²) >= 11 is 0. The minimum absolute atomic E-state index is 0.108. The van der Waals surface area contributed by atoms with E-state index in [-0.39, 0.29) is 5.91 Å². The number of nitrogens with one attached hydrogen (secondary N) is 1. The maximum atomic E-state index is 12.8. The van der Waals surface area contributed by atoms with Crippen LogP contribution in [-0.4, -0.2) is 35.4 Å². The van der Waals surface area contributed by atoms with Crippen molar-refractivity contribution in [1.82, 2.24) is 9.88 Å². The third-order valence-electron chi connectivity index (χ3n) is 2.51. The Morgan fingerprint density at radius 2 is 2.18 bits per heavy atom. The van der Waals surface area contributed by atoms with Gasteiger partial charge in [0, 0.05) is 44.0 Å². The lowest BCUT2D eigenvalue weighted by atomic mass is 10.3. The smallest absolute Gasteiger partial charge is 0.224 e. The molecule has 1 heterocycles. The Hall–Kier alpha value is -1.65. The second kappa shape index (κ2) is 6.83. The van der Waals surface area contributed by atoms with Crippen LogP contribution in [0.2, 0.25) is 0 Å². The zero-order valence-corrected chi connectivity index (χ0v) is 10.2. The summed E-state index contributed by atoms with van der Waals surface area (Å²) in [4.78, 5) is 16.9. The lowest BCUT2D eigenvalue weighted by Gasteiger charge is -2.18. The van der Waals surface area contributed by atoms with E-state index in [4.69, 9.17) is 0 Å². The molecule has 0 bridgehead atoms. The van der Waals surface area contributed by atoms with E-state index in [0.717, 1.165) is 13.1 Å². The molecular formula is C12H18FN3O. The summed E-state index contributed by atoms with van der Waals surface area (Å²) in [6.45, 7) is 5.84. The Morgan fingerprint density at radius 1 is 1.47 bits per heavy atom. The van der Waals surface area contributed by atoms with E-state index in [0.29, 0.717) is 18.7 Å². The number of carbonyl (C=O) groups excluding carboxylic acids is 1. The molecule has 0 aromatic carbocycles. The molecule has 1 amide bonds. The number of hydrogen-bond acceptors (Lipinski definition) is 3. The van der Waals surface area contributed by atoms with Crippen LogP contribution >= 0.6 is 0 Å². The van der Waals surface area contributed by atoms with Crippen LogP contribution in [0, 0.1) is 5.95 Å². The maximum Gasteiger partial charge on any atom is 0.224 e. The molecule has 0 aliphatic rings. The number of anilines is 1. The highest BCUT2D eigenvalue weighted by Gasteiger charge is 2.08. The summed E-state index contributed by atoms with van der Waals surface area (Å²) in [5.74, 6) is -0.415. The summed E-state index contributed by atoms with van der Waals surface area (Å²) < 4.78 is 12.8. The van der Waals surface area contributed by atoms with E-state index in [1.54, 1.807) is 11.0 Å². The van der Waals surface area contributed by atoms with Crippen molar-refractivity contribution in [2.24, 2.45) is 0 Å². The van der Waals surface area contributed by atoms with Crippen LogP contribution in [0.15, 0.2) is 18.3 Å². The standard InChI is InChI=1S/C12H18FN3O/c1-3-16(4-2)12(17)6-8-14-10-5-7-15-11(13)9-10/h5,7,9H,3-4,6,8H2,1-2H3,(H,14,15). The molecule has 1 N–H and O–H groups in total. The van der Waals surface area contributed by atoms with Gasteiger partial charge < -0.3 is 10.2 Å². The number of amides is 1. The van der Waals surface area contributed by atoms with Crippen molar-refractivity contribution in [2.75, 3.05) is 25.0 Å². The van der Waals surface area contributed by atoms with Gasteiger partial charge in [0.05, 0.1) is 0 Å². The molecule has 0 atom stereocenters. The van der Waals surface area contributed by atoms with Crippen LogP contribution in [-0.2, 0) is 4.79 Å². The molecule has 0 radical (unpaired) electrons. The number of nitrogens with zero attached hydrogens (tertiary/aromatic N) is 2. The summed E-state index contributed by atoms with van der Waals surface area (Å²) in [7, 11) is 0. The average Bonchev–Trinajstić information content (AvgIpc) is 2.30. The summed E-state index contributed by atoms with van der Waals surface area (Å²) in [5, 5.41) is 2.99.